The number of halogens is 1. The molecule has 1 amide bonds. The molecule has 0 aliphatic rings. The Bertz CT molecular complexity index is 1320. The van der Waals surface area contributed by atoms with Crippen molar-refractivity contribution in [3.05, 3.63) is 53.1 Å². The van der Waals surface area contributed by atoms with Gasteiger partial charge in [0.15, 0.2) is 11.3 Å². The van der Waals surface area contributed by atoms with Crippen molar-refractivity contribution in [2.75, 3.05) is 7.11 Å². The Morgan fingerprint density at radius 3 is 2.71 bits per heavy atom. The van der Waals surface area contributed by atoms with Crippen molar-refractivity contribution in [3.8, 4) is 23.3 Å². The van der Waals surface area contributed by atoms with Gasteiger partial charge >= 0.3 is 0 Å². The maximum Gasteiger partial charge on any atom is 0.248 e. The number of ether oxygens (including phenoxy) is 1. The van der Waals surface area contributed by atoms with Crippen LogP contribution in [0.1, 0.15) is 21.7 Å². The van der Waals surface area contributed by atoms with Gasteiger partial charge in [-0.2, -0.15) is 10.2 Å². The SMILES string of the molecule is COc1ccc2nc(C#N)c3c(C)nc(-c4cc(C(N)=O)ccc4F)n3c2n1. The summed E-state index contributed by atoms with van der Waals surface area (Å²) in [6.07, 6.45) is 0. The van der Waals surface area contributed by atoms with E-state index in [1.54, 1.807) is 23.5 Å². The number of aryl methyl sites for hydroxylation is 1. The lowest BCUT2D eigenvalue weighted by molar-refractivity contribution is 0.100. The number of hydrogen-bond donors (Lipinski definition) is 1. The molecule has 3 heterocycles. The van der Waals surface area contributed by atoms with E-state index in [2.05, 4.69) is 15.0 Å². The highest BCUT2D eigenvalue weighted by molar-refractivity contribution is 5.94. The zero-order valence-electron chi connectivity index (χ0n) is 14.9. The fourth-order valence-corrected chi connectivity index (χ4v) is 3.08. The summed E-state index contributed by atoms with van der Waals surface area (Å²) in [7, 11) is 1.47. The highest BCUT2D eigenvalue weighted by Crippen LogP contribution is 2.30. The number of nitriles is 1. The van der Waals surface area contributed by atoms with E-state index in [-0.39, 0.29) is 22.6 Å². The quantitative estimate of drug-likeness (QED) is 0.586. The molecular weight excluding hydrogens is 363 g/mol. The standard InChI is InChI=1S/C19H13FN6O2/c1-9-16-14(8-21)24-13-5-6-15(28-2)25-19(13)26(16)18(23-9)11-7-10(17(22)27)3-4-12(11)20/h3-7H,1-2H3,(H2,22,27). The average molecular weight is 376 g/mol. The molecule has 0 bridgehead atoms. The largest absolute Gasteiger partial charge is 0.481 e. The second-order valence-corrected chi connectivity index (χ2v) is 6.03. The van der Waals surface area contributed by atoms with Crippen LogP contribution in [0.25, 0.3) is 28.1 Å². The normalized spacial score (nSPS) is 10.9. The van der Waals surface area contributed by atoms with Crippen LogP contribution in [0.15, 0.2) is 30.3 Å². The molecule has 0 aliphatic carbocycles. The van der Waals surface area contributed by atoms with E-state index < -0.39 is 11.7 Å². The summed E-state index contributed by atoms with van der Waals surface area (Å²) in [6, 6.07) is 9.07. The van der Waals surface area contributed by atoms with Gasteiger partial charge in [-0.05, 0) is 31.2 Å². The molecule has 0 fully saturated rings. The molecule has 0 radical (unpaired) electrons. The van der Waals surface area contributed by atoms with Crippen LogP contribution in [0.2, 0.25) is 0 Å². The van der Waals surface area contributed by atoms with Crippen LogP contribution in [0.4, 0.5) is 4.39 Å². The average Bonchev–Trinajstić information content (AvgIpc) is 3.04. The number of carbonyl (C=O) groups excluding carboxylic acids is 1. The van der Waals surface area contributed by atoms with Crippen molar-refractivity contribution < 1.29 is 13.9 Å². The van der Waals surface area contributed by atoms with Crippen molar-refractivity contribution in [2.24, 2.45) is 5.73 Å². The molecule has 2 N–H and O–H groups in total. The lowest BCUT2D eigenvalue weighted by Crippen LogP contribution is -2.11. The fourth-order valence-electron chi connectivity index (χ4n) is 3.08. The van der Waals surface area contributed by atoms with Gasteiger partial charge in [0.05, 0.1) is 18.4 Å². The van der Waals surface area contributed by atoms with E-state index in [0.29, 0.717) is 28.3 Å². The number of methoxy groups -OCH3 is 1. The van der Waals surface area contributed by atoms with Crippen molar-refractivity contribution in [2.45, 2.75) is 6.92 Å². The van der Waals surface area contributed by atoms with Crippen LogP contribution >= 0.6 is 0 Å². The number of pyridine rings is 1. The minimum absolute atomic E-state index is 0.0559. The van der Waals surface area contributed by atoms with Crippen molar-refractivity contribution in [3.63, 3.8) is 0 Å². The molecule has 9 heteroatoms. The Kier molecular flexibility index (Phi) is 3.89. The molecule has 0 saturated heterocycles. The van der Waals surface area contributed by atoms with Crippen LogP contribution in [0.5, 0.6) is 5.88 Å². The summed E-state index contributed by atoms with van der Waals surface area (Å²) < 4.78 is 21.4. The number of rotatable bonds is 3. The zero-order chi connectivity index (χ0) is 20.0. The predicted molar refractivity (Wildman–Crippen MR) is 98.2 cm³/mol. The van der Waals surface area contributed by atoms with Crippen LogP contribution in [0, 0.1) is 24.1 Å². The molecule has 8 nitrogen and oxygen atoms in total. The van der Waals surface area contributed by atoms with Gasteiger partial charge in [-0.25, -0.2) is 14.4 Å². The summed E-state index contributed by atoms with van der Waals surface area (Å²) in [5, 5.41) is 9.54. The van der Waals surface area contributed by atoms with E-state index in [0.717, 1.165) is 6.07 Å². The fraction of sp³-hybridized carbons (Fsp3) is 0.105. The highest BCUT2D eigenvalue weighted by atomic mass is 19.1. The first-order valence-electron chi connectivity index (χ1n) is 8.18. The number of fused-ring (bicyclic) bond motifs is 3. The van der Waals surface area contributed by atoms with Gasteiger partial charge in [0, 0.05) is 11.6 Å². The zero-order valence-corrected chi connectivity index (χ0v) is 14.9. The molecule has 3 aromatic heterocycles. The number of amides is 1. The second-order valence-electron chi connectivity index (χ2n) is 6.03. The van der Waals surface area contributed by atoms with E-state index in [9.17, 15) is 14.4 Å². The summed E-state index contributed by atoms with van der Waals surface area (Å²) in [6.45, 7) is 1.68. The molecule has 4 aromatic rings. The number of aromatic nitrogens is 4. The van der Waals surface area contributed by atoms with Crippen LogP contribution < -0.4 is 10.5 Å². The topological polar surface area (TPSA) is 119 Å². The van der Waals surface area contributed by atoms with Crippen LogP contribution in [0.3, 0.4) is 0 Å². The van der Waals surface area contributed by atoms with E-state index >= 15 is 0 Å². The molecule has 4 rings (SSSR count). The lowest BCUT2D eigenvalue weighted by atomic mass is 10.1. The molecule has 0 spiro atoms. The smallest absolute Gasteiger partial charge is 0.248 e. The second kappa shape index (κ2) is 6.28. The summed E-state index contributed by atoms with van der Waals surface area (Å²) in [5.41, 5.74) is 7.27. The third kappa shape index (κ3) is 2.51. The van der Waals surface area contributed by atoms with Crippen LogP contribution in [-0.2, 0) is 0 Å². The Morgan fingerprint density at radius 2 is 2.04 bits per heavy atom. The molecule has 138 valence electrons. The third-order valence-corrected chi connectivity index (χ3v) is 4.36. The molecule has 0 atom stereocenters. The van der Waals surface area contributed by atoms with E-state index in [1.165, 1.54) is 19.2 Å². The number of nitrogens with two attached hydrogens (primary N) is 1. The van der Waals surface area contributed by atoms with Crippen molar-refractivity contribution in [1.82, 2.24) is 19.4 Å². The number of hydrogen-bond acceptors (Lipinski definition) is 6. The number of nitrogens with zero attached hydrogens (tertiary/aromatic N) is 5. The number of benzene rings is 1. The molecular formula is C19H13FN6O2. The Balaban J connectivity index is 2.19. The molecule has 1 aromatic carbocycles. The highest BCUT2D eigenvalue weighted by Gasteiger charge is 2.21. The van der Waals surface area contributed by atoms with Crippen LogP contribution in [-0.4, -0.2) is 32.4 Å². The monoisotopic (exact) mass is 376 g/mol. The van der Waals surface area contributed by atoms with Gasteiger partial charge in [0.2, 0.25) is 11.8 Å². The van der Waals surface area contributed by atoms with E-state index in [1.807, 2.05) is 6.07 Å². The van der Waals surface area contributed by atoms with Crippen molar-refractivity contribution >= 4 is 22.6 Å². The van der Waals surface area contributed by atoms with Gasteiger partial charge in [-0.1, -0.05) is 0 Å². The molecule has 28 heavy (non-hydrogen) atoms. The minimum atomic E-state index is -0.692. The maximum atomic E-state index is 14.7. The van der Waals surface area contributed by atoms with Crippen molar-refractivity contribution in [1.29, 1.82) is 5.26 Å². The Labute approximate surface area is 158 Å². The van der Waals surface area contributed by atoms with Gasteiger partial charge < -0.3 is 10.5 Å². The lowest BCUT2D eigenvalue weighted by Gasteiger charge is -2.09. The maximum absolute atomic E-state index is 14.7. The van der Waals surface area contributed by atoms with Gasteiger partial charge in [-0.3, -0.25) is 9.20 Å². The molecule has 0 aliphatic heterocycles. The first-order chi connectivity index (χ1) is 13.4. The molecule has 0 saturated carbocycles. The Hall–Kier alpha value is -4.06. The van der Waals surface area contributed by atoms with E-state index in [4.69, 9.17) is 10.5 Å². The number of imidazole rings is 1. The van der Waals surface area contributed by atoms with Gasteiger partial charge in [0.1, 0.15) is 28.7 Å². The number of carbonyl (C=O) groups is 1. The van der Waals surface area contributed by atoms with Gasteiger partial charge in [0.25, 0.3) is 0 Å². The first-order valence-corrected chi connectivity index (χ1v) is 8.18. The predicted octanol–water partition coefficient (Wildman–Crippen LogP) is 2.37. The molecule has 0 unspecified atom stereocenters. The van der Waals surface area contributed by atoms with Gasteiger partial charge in [-0.15, -0.1) is 0 Å². The summed E-state index contributed by atoms with van der Waals surface area (Å²) in [5.74, 6) is -0.784. The third-order valence-electron chi connectivity index (χ3n) is 4.36. The Morgan fingerprint density at radius 1 is 1.25 bits per heavy atom. The first kappa shape index (κ1) is 17.4. The number of primary amides is 1. The minimum Gasteiger partial charge on any atom is -0.481 e. The summed E-state index contributed by atoms with van der Waals surface area (Å²) >= 11 is 0. The summed E-state index contributed by atoms with van der Waals surface area (Å²) in [4.78, 5) is 24.7.